The summed E-state index contributed by atoms with van der Waals surface area (Å²) < 4.78 is 12.9. The molecule has 0 bridgehead atoms. The second-order valence-electron chi connectivity index (χ2n) is 2.96. The van der Waals surface area contributed by atoms with Gasteiger partial charge in [0, 0.05) is 18.8 Å². The standard InChI is InChI=1S/C9H9ClN4OS/c1-15-7-4-6(2-3-11-7)5-12-9-8(10)13-16-14-9/h2-4H,5H2,1H3,(H,12,14). The summed E-state index contributed by atoms with van der Waals surface area (Å²) in [6, 6.07) is 3.74. The second kappa shape index (κ2) is 5.09. The number of methoxy groups -OCH3 is 1. The predicted octanol–water partition coefficient (Wildman–Crippen LogP) is 2.21. The van der Waals surface area contributed by atoms with Gasteiger partial charge in [-0.2, -0.15) is 8.75 Å². The van der Waals surface area contributed by atoms with Crippen LogP contribution in [-0.4, -0.2) is 20.8 Å². The first-order chi connectivity index (χ1) is 7.79. The van der Waals surface area contributed by atoms with E-state index in [4.69, 9.17) is 16.3 Å². The van der Waals surface area contributed by atoms with Gasteiger partial charge in [-0.1, -0.05) is 11.6 Å². The topological polar surface area (TPSA) is 59.9 Å². The number of anilines is 1. The summed E-state index contributed by atoms with van der Waals surface area (Å²) in [6.07, 6.45) is 1.69. The van der Waals surface area contributed by atoms with E-state index in [-0.39, 0.29) is 0 Å². The maximum Gasteiger partial charge on any atom is 0.213 e. The van der Waals surface area contributed by atoms with Crippen LogP contribution in [0.1, 0.15) is 5.56 Å². The van der Waals surface area contributed by atoms with Crippen LogP contribution in [0, 0.1) is 0 Å². The third-order valence-corrected chi connectivity index (χ3v) is 2.81. The number of aromatic nitrogens is 3. The Morgan fingerprint density at radius 1 is 1.50 bits per heavy atom. The molecule has 0 saturated heterocycles. The Bertz CT molecular complexity index is 476. The van der Waals surface area contributed by atoms with Crippen molar-refractivity contribution in [1.29, 1.82) is 0 Å². The van der Waals surface area contributed by atoms with E-state index in [1.54, 1.807) is 13.3 Å². The van der Waals surface area contributed by atoms with Crippen molar-refractivity contribution in [3.63, 3.8) is 0 Å². The molecule has 0 aliphatic heterocycles. The smallest absolute Gasteiger partial charge is 0.213 e. The largest absolute Gasteiger partial charge is 0.481 e. The van der Waals surface area contributed by atoms with E-state index >= 15 is 0 Å². The molecule has 0 spiro atoms. The molecule has 0 radical (unpaired) electrons. The van der Waals surface area contributed by atoms with Gasteiger partial charge in [0.15, 0.2) is 11.0 Å². The summed E-state index contributed by atoms with van der Waals surface area (Å²) >= 11 is 6.88. The molecule has 0 aliphatic carbocycles. The zero-order valence-electron chi connectivity index (χ0n) is 8.48. The highest BCUT2D eigenvalue weighted by Gasteiger charge is 2.04. The molecule has 0 atom stereocenters. The molecule has 0 fully saturated rings. The minimum Gasteiger partial charge on any atom is -0.481 e. The molecular weight excluding hydrogens is 248 g/mol. The van der Waals surface area contributed by atoms with Gasteiger partial charge in [-0.3, -0.25) is 0 Å². The van der Waals surface area contributed by atoms with Gasteiger partial charge in [-0.05, 0) is 11.6 Å². The van der Waals surface area contributed by atoms with E-state index in [2.05, 4.69) is 19.0 Å². The molecule has 84 valence electrons. The highest BCUT2D eigenvalue weighted by Crippen LogP contribution is 2.19. The van der Waals surface area contributed by atoms with E-state index in [9.17, 15) is 0 Å². The number of nitrogens with zero attached hydrogens (tertiary/aromatic N) is 3. The summed E-state index contributed by atoms with van der Waals surface area (Å²) in [7, 11) is 1.58. The number of halogens is 1. The Balaban J connectivity index is 2.02. The fourth-order valence-electron chi connectivity index (χ4n) is 1.14. The van der Waals surface area contributed by atoms with Gasteiger partial charge in [0.1, 0.15) is 0 Å². The minimum atomic E-state index is 0.394. The number of hydrogen-bond donors (Lipinski definition) is 1. The Kier molecular flexibility index (Phi) is 3.53. The van der Waals surface area contributed by atoms with E-state index in [1.165, 1.54) is 0 Å². The van der Waals surface area contributed by atoms with Crippen LogP contribution in [-0.2, 0) is 6.54 Å². The van der Waals surface area contributed by atoms with Crippen LogP contribution in [0.25, 0.3) is 0 Å². The zero-order valence-corrected chi connectivity index (χ0v) is 10.0. The van der Waals surface area contributed by atoms with Gasteiger partial charge < -0.3 is 10.1 Å². The Hall–Kier alpha value is -1.40. The van der Waals surface area contributed by atoms with Gasteiger partial charge in [0.25, 0.3) is 0 Å². The number of nitrogens with one attached hydrogen (secondary N) is 1. The van der Waals surface area contributed by atoms with E-state index in [0.717, 1.165) is 17.3 Å². The summed E-state index contributed by atoms with van der Waals surface area (Å²) in [6.45, 7) is 0.601. The van der Waals surface area contributed by atoms with E-state index in [1.807, 2.05) is 12.1 Å². The summed E-state index contributed by atoms with van der Waals surface area (Å²) in [4.78, 5) is 4.02. The Labute approximate surface area is 102 Å². The molecule has 0 unspecified atom stereocenters. The van der Waals surface area contributed by atoms with Crippen LogP contribution < -0.4 is 10.1 Å². The van der Waals surface area contributed by atoms with E-state index in [0.29, 0.717) is 23.4 Å². The van der Waals surface area contributed by atoms with Gasteiger partial charge in [-0.25, -0.2) is 4.98 Å². The number of ether oxygens (including phenoxy) is 1. The normalized spacial score (nSPS) is 10.1. The van der Waals surface area contributed by atoms with Gasteiger partial charge in [0.05, 0.1) is 18.8 Å². The average molecular weight is 257 g/mol. The molecule has 2 heterocycles. The molecule has 2 aromatic heterocycles. The van der Waals surface area contributed by atoms with E-state index < -0.39 is 0 Å². The van der Waals surface area contributed by atoms with Crippen molar-refractivity contribution in [3.05, 3.63) is 29.0 Å². The van der Waals surface area contributed by atoms with Crippen molar-refractivity contribution >= 4 is 29.1 Å². The lowest BCUT2D eigenvalue weighted by Gasteiger charge is -2.04. The maximum absolute atomic E-state index is 5.80. The first-order valence-electron chi connectivity index (χ1n) is 4.50. The lowest BCUT2D eigenvalue weighted by atomic mass is 10.2. The Morgan fingerprint density at radius 3 is 3.06 bits per heavy atom. The fourth-order valence-corrected chi connectivity index (χ4v) is 1.82. The van der Waals surface area contributed by atoms with Crippen LogP contribution >= 0.6 is 23.3 Å². The molecule has 2 rings (SSSR count). The highest BCUT2D eigenvalue weighted by molar-refractivity contribution is 6.99. The third kappa shape index (κ3) is 2.59. The van der Waals surface area contributed by atoms with Crippen molar-refractivity contribution in [2.24, 2.45) is 0 Å². The van der Waals surface area contributed by atoms with Crippen molar-refractivity contribution in [3.8, 4) is 5.88 Å². The average Bonchev–Trinajstić information content (AvgIpc) is 2.72. The Morgan fingerprint density at radius 2 is 2.38 bits per heavy atom. The molecule has 0 saturated carbocycles. The van der Waals surface area contributed by atoms with Crippen LogP contribution in [0.4, 0.5) is 5.82 Å². The second-order valence-corrected chi connectivity index (χ2v) is 3.85. The summed E-state index contributed by atoms with van der Waals surface area (Å²) in [5, 5.41) is 3.48. The first-order valence-corrected chi connectivity index (χ1v) is 5.61. The van der Waals surface area contributed by atoms with Gasteiger partial charge in [-0.15, -0.1) is 0 Å². The SMILES string of the molecule is COc1cc(CNc2nsnc2Cl)ccn1. The van der Waals surface area contributed by atoms with Crippen LogP contribution in [0.3, 0.4) is 0 Å². The lowest BCUT2D eigenvalue weighted by Crippen LogP contribution is -2.00. The van der Waals surface area contributed by atoms with Crippen LogP contribution in [0.15, 0.2) is 18.3 Å². The van der Waals surface area contributed by atoms with Crippen molar-refractivity contribution < 1.29 is 4.74 Å². The van der Waals surface area contributed by atoms with Gasteiger partial charge in [0.2, 0.25) is 5.88 Å². The monoisotopic (exact) mass is 256 g/mol. The molecule has 2 aromatic rings. The first kappa shape index (κ1) is 11.1. The zero-order chi connectivity index (χ0) is 11.4. The van der Waals surface area contributed by atoms with Crippen LogP contribution in [0.5, 0.6) is 5.88 Å². The molecule has 1 N–H and O–H groups in total. The maximum atomic E-state index is 5.80. The third-order valence-electron chi connectivity index (χ3n) is 1.92. The highest BCUT2D eigenvalue weighted by atomic mass is 35.5. The predicted molar refractivity (Wildman–Crippen MR) is 63.0 cm³/mol. The molecule has 0 amide bonds. The quantitative estimate of drug-likeness (QED) is 0.909. The fraction of sp³-hybridized carbons (Fsp3) is 0.222. The summed E-state index contributed by atoms with van der Waals surface area (Å²) in [5.74, 6) is 1.18. The molecule has 5 nitrogen and oxygen atoms in total. The van der Waals surface area contributed by atoms with Crippen molar-refractivity contribution in [2.75, 3.05) is 12.4 Å². The van der Waals surface area contributed by atoms with Crippen molar-refractivity contribution in [2.45, 2.75) is 6.54 Å². The lowest BCUT2D eigenvalue weighted by molar-refractivity contribution is 0.397. The van der Waals surface area contributed by atoms with Crippen molar-refractivity contribution in [1.82, 2.24) is 13.7 Å². The minimum absolute atomic E-state index is 0.394. The summed E-state index contributed by atoms with van der Waals surface area (Å²) in [5.41, 5.74) is 1.04. The number of hydrogen-bond acceptors (Lipinski definition) is 6. The number of pyridine rings is 1. The molecule has 0 aliphatic rings. The van der Waals surface area contributed by atoms with Crippen LogP contribution in [0.2, 0.25) is 5.15 Å². The molecular formula is C9H9ClN4OS. The number of rotatable bonds is 4. The molecule has 7 heteroatoms. The molecule has 16 heavy (non-hydrogen) atoms. The van der Waals surface area contributed by atoms with Gasteiger partial charge >= 0.3 is 0 Å². The molecule has 0 aromatic carbocycles.